The largest absolute Gasteiger partial charge is 0.435 e. The first kappa shape index (κ1) is 9.01. The molecule has 0 unspecified atom stereocenters. The summed E-state index contributed by atoms with van der Waals surface area (Å²) in [4.78, 5) is 4.07. The summed E-state index contributed by atoms with van der Waals surface area (Å²) in [5, 5.41) is 7.16. The molecule has 2 heterocycles. The molecule has 0 saturated heterocycles. The summed E-state index contributed by atoms with van der Waals surface area (Å²) in [6, 6.07) is 5.61. The van der Waals surface area contributed by atoms with Gasteiger partial charge >= 0.3 is 0 Å². The number of pyridine rings is 1. The molecule has 0 bridgehead atoms. The van der Waals surface area contributed by atoms with Crippen molar-refractivity contribution in [1.82, 2.24) is 19.7 Å². The van der Waals surface area contributed by atoms with Crippen LogP contribution >= 0.6 is 0 Å². The number of hydrogen-bond acceptors (Lipinski definition) is 3. The molecule has 63 valence electrons. The Morgan fingerprint density at radius 1 is 1.33 bits per heavy atom. The molecule has 4 nitrogen and oxygen atoms in total. The fraction of sp³-hybridized carbons (Fsp3) is 0. The Morgan fingerprint density at radius 3 is 2.83 bits per heavy atom. The van der Waals surface area contributed by atoms with E-state index >= 15 is 0 Å². The van der Waals surface area contributed by atoms with Crippen molar-refractivity contribution in [3.8, 4) is 5.82 Å². The van der Waals surface area contributed by atoms with Crippen LogP contribution in [0.15, 0.2) is 30.7 Å². The Balaban J connectivity index is 0.000000720. The molecule has 0 fully saturated rings. The second-order valence-electron chi connectivity index (χ2n) is 1.99. The third kappa shape index (κ3) is 1.74. The number of nitrogens with zero attached hydrogens (tertiary/aromatic N) is 4. The van der Waals surface area contributed by atoms with Crippen molar-refractivity contribution in [2.45, 2.75) is 0 Å². The van der Waals surface area contributed by atoms with Gasteiger partial charge in [0.2, 0.25) is 0 Å². The summed E-state index contributed by atoms with van der Waals surface area (Å²) in [5.41, 5.74) is 0. The Hall–Kier alpha value is -1.09. The van der Waals surface area contributed by atoms with E-state index in [-0.39, 0.29) is 19.5 Å². The first-order chi connectivity index (χ1) is 5.47. The first-order valence-corrected chi connectivity index (χ1v) is 3.16. The summed E-state index contributed by atoms with van der Waals surface area (Å²) in [6.07, 6.45) is 5.92. The van der Waals surface area contributed by atoms with E-state index in [1.807, 2.05) is 18.2 Å². The third-order valence-electron chi connectivity index (χ3n) is 1.27. The Labute approximate surface area is 82.4 Å². The number of rotatable bonds is 1. The molecule has 2 rings (SSSR count). The first-order valence-electron chi connectivity index (χ1n) is 3.16. The van der Waals surface area contributed by atoms with Gasteiger partial charge in [0.25, 0.3) is 0 Å². The molecular formula is C7H5N4Rh-. The van der Waals surface area contributed by atoms with Gasteiger partial charge in [-0.3, -0.25) is 0 Å². The van der Waals surface area contributed by atoms with Gasteiger partial charge in [-0.15, -0.1) is 0 Å². The van der Waals surface area contributed by atoms with Gasteiger partial charge in [0.05, 0.1) is 0 Å². The van der Waals surface area contributed by atoms with Crippen molar-refractivity contribution in [3.63, 3.8) is 0 Å². The molecule has 0 spiro atoms. The van der Waals surface area contributed by atoms with E-state index < -0.39 is 0 Å². The van der Waals surface area contributed by atoms with Crippen LogP contribution in [0, 0.1) is 6.33 Å². The van der Waals surface area contributed by atoms with E-state index in [9.17, 15) is 0 Å². The van der Waals surface area contributed by atoms with Gasteiger partial charge in [0.1, 0.15) is 0 Å². The molecular weight excluding hydrogens is 243 g/mol. The minimum atomic E-state index is 0. The maximum atomic E-state index is 4.07. The molecule has 0 N–H and O–H groups in total. The van der Waals surface area contributed by atoms with Crippen molar-refractivity contribution in [2.24, 2.45) is 0 Å². The summed E-state index contributed by atoms with van der Waals surface area (Å²) in [6.45, 7) is 0. The molecule has 12 heavy (non-hydrogen) atoms. The summed E-state index contributed by atoms with van der Waals surface area (Å²) >= 11 is 0. The second kappa shape index (κ2) is 4.07. The van der Waals surface area contributed by atoms with Gasteiger partial charge in [-0.05, 0) is 6.07 Å². The molecule has 0 atom stereocenters. The molecule has 5 heteroatoms. The van der Waals surface area contributed by atoms with Gasteiger partial charge in [0, 0.05) is 44.1 Å². The Bertz CT molecular complexity index is 318. The molecule has 0 aliphatic heterocycles. The topological polar surface area (TPSA) is 43.6 Å². The number of hydrogen-bond donors (Lipinski definition) is 0. The van der Waals surface area contributed by atoms with Crippen LogP contribution in [-0.4, -0.2) is 19.7 Å². The number of aromatic nitrogens is 4. The third-order valence-corrected chi connectivity index (χ3v) is 1.27. The van der Waals surface area contributed by atoms with Crippen molar-refractivity contribution >= 4 is 0 Å². The van der Waals surface area contributed by atoms with Crippen LogP contribution in [-0.2, 0) is 19.5 Å². The fourth-order valence-electron chi connectivity index (χ4n) is 0.784. The van der Waals surface area contributed by atoms with E-state index in [0.717, 1.165) is 5.82 Å². The van der Waals surface area contributed by atoms with Crippen LogP contribution in [0.4, 0.5) is 0 Å². The van der Waals surface area contributed by atoms with Crippen molar-refractivity contribution < 1.29 is 19.5 Å². The Kier molecular flexibility index (Phi) is 3.05. The quantitative estimate of drug-likeness (QED) is 0.544. The molecule has 2 aromatic heterocycles. The second-order valence-corrected chi connectivity index (χ2v) is 1.99. The zero-order valence-corrected chi connectivity index (χ0v) is 7.65. The minimum Gasteiger partial charge on any atom is -0.435 e. The van der Waals surface area contributed by atoms with E-state index in [2.05, 4.69) is 21.5 Å². The van der Waals surface area contributed by atoms with Gasteiger partial charge in [-0.25, -0.2) is 10.2 Å². The molecule has 2 aromatic rings. The van der Waals surface area contributed by atoms with Crippen LogP contribution in [0.5, 0.6) is 0 Å². The van der Waals surface area contributed by atoms with E-state index in [1.165, 1.54) is 0 Å². The van der Waals surface area contributed by atoms with Crippen molar-refractivity contribution in [3.05, 3.63) is 37.1 Å². The monoisotopic (exact) mass is 248 g/mol. The predicted octanol–water partition coefficient (Wildman–Crippen LogP) is 0.460. The van der Waals surface area contributed by atoms with Crippen LogP contribution < -0.4 is 0 Å². The molecule has 0 amide bonds. The minimum absolute atomic E-state index is 0. The van der Waals surface area contributed by atoms with Crippen LogP contribution in [0.3, 0.4) is 0 Å². The molecule has 0 aliphatic carbocycles. The van der Waals surface area contributed by atoms with E-state index in [4.69, 9.17) is 0 Å². The fourth-order valence-corrected chi connectivity index (χ4v) is 0.784. The van der Waals surface area contributed by atoms with Crippen molar-refractivity contribution in [1.29, 1.82) is 0 Å². The van der Waals surface area contributed by atoms with E-state index in [1.54, 1.807) is 17.1 Å². The van der Waals surface area contributed by atoms with Gasteiger partial charge in [-0.1, -0.05) is 12.1 Å². The van der Waals surface area contributed by atoms with E-state index in [0.29, 0.717) is 0 Å². The normalized spacial score (nSPS) is 9.00. The van der Waals surface area contributed by atoms with Crippen LogP contribution in [0.1, 0.15) is 0 Å². The predicted molar refractivity (Wildman–Crippen MR) is 38.0 cm³/mol. The smallest absolute Gasteiger partial charge is 0.0369 e. The maximum Gasteiger partial charge on any atom is 0.0369 e. The average Bonchev–Trinajstić information content (AvgIpc) is 2.58. The SMILES string of the molecule is [Rh].[c-]1nncn1-c1ccccn1. The van der Waals surface area contributed by atoms with Crippen molar-refractivity contribution in [2.75, 3.05) is 0 Å². The van der Waals surface area contributed by atoms with Crippen LogP contribution in [0.25, 0.3) is 5.82 Å². The summed E-state index contributed by atoms with van der Waals surface area (Å²) < 4.78 is 1.62. The van der Waals surface area contributed by atoms with Gasteiger partial charge in [-0.2, -0.15) is 0 Å². The van der Waals surface area contributed by atoms with Gasteiger partial charge in [0.15, 0.2) is 0 Å². The molecule has 0 aliphatic rings. The summed E-state index contributed by atoms with van der Waals surface area (Å²) in [5.74, 6) is 0.775. The molecule has 0 saturated carbocycles. The van der Waals surface area contributed by atoms with Gasteiger partial charge < -0.3 is 9.55 Å². The molecule has 0 aromatic carbocycles. The standard InChI is InChI=1S/C7H5N4.Rh/c1-2-4-8-7(3-1)11-5-9-10-6-11;/h1-5H;/q-1;. The zero-order chi connectivity index (χ0) is 7.52. The molecule has 1 radical (unpaired) electrons. The summed E-state index contributed by atoms with van der Waals surface area (Å²) in [7, 11) is 0. The zero-order valence-electron chi connectivity index (χ0n) is 6.01. The van der Waals surface area contributed by atoms with Crippen LogP contribution in [0.2, 0.25) is 0 Å². The Morgan fingerprint density at radius 2 is 2.25 bits per heavy atom. The maximum absolute atomic E-state index is 4.07. The average molecular weight is 248 g/mol.